The van der Waals surface area contributed by atoms with Crippen LogP contribution in [0.1, 0.15) is 46.0 Å². The maximum Gasteiger partial charge on any atom is 0.299 e. The van der Waals surface area contributed by atoms with Crippen LogP contribution in [0.2, 0.25) is 0 Å². The van der Waals surface area contributed by atoms with Crippen LogP contribution in [0.4, 0.5) is 8.78 Å². The zero-order chi connectivity index (χ0) is 11.5. The molecule has 0 amide bonds. The van der Waals surface area contributed by atoms with E-state index < -0.39 is 9.85 Å². The third-order valence-corrected chi connectivity index (χ3v) is 4.10. The van der Waals surface area contributed by atoms with Crippen molar-refractivity contribution >= 4 is 22.6 Å². The van der Waals surface area contributed by atoms with Crippen molar-refractivity contribution in [3.8, 4) is 0 Å². The molecule has 0 bridgehead atoms. The van der Waals surface area contributed by atoms with Crippen molar-refractivity contribution in [1.82, 2.24) is 0 Å². The van der Waals surface area contributed by atoms with Gasteiger partial charge in [0.25, 0.3) is 3.93 Å². The fourth-order valence-corrected chi connectivity index (χ4v) is 3.29. The molecule has 0 aliphatic heterocycles. The fourth-order valence-electron chi connectivity index (χ4n) is 2.54. The van der Waals surface area contributed by atoms with Gasteiger partial charge in [-0.2, -0.15) is 8.78 Å². The Morgan fingerprint density at radius 3 is 2.53 bits per heavy atom. The zero-order valence-corrected chi connectivity index (χ0v) is 11.6. The summed E-state index contributed by atoms with van der Waals surface area (Å²) in [7, 11) is 0. The molecule has 1 fully saturated rings. The molecule has 1 aliphatic carbocycles. The lowest BCUT2D eigenvalue weighted by Gasteiger charge is -2.35. The molecule has 0 aromatic carbocycles. The van der Waals surface area contributed by atoms with E-state index in [4.69, 9.17) is 0 Å². The molecule has 1 rings (SSSR count). The Hall–Kier alpha value is 0.330. The number of alkyl halides is 3. The maximum absolute atomic E-state index is 13.4. The summed E-state index contributed by atoms with van der Waals surface area (Å²) in [6, 6.07) is 0. The first-order valence-electron chi connectivity index (χ1n) is 5.70. The summed E-state index contributed by atoms with van der Waals surface area (Å²) in [5.74, 6) is -0.347. The highest BCUT2D eigenvalue weighted by Crippen LogP contribution is 2.46. The molecule has 0 radical (unpaired) electrons. The van der Waals surface area contributed by atoms with E-state index in [9.17, 15) is 8.78 Å². The average molecular weight is 328 g/mol. The van der Waals surface area contributed by atoms with Crippen molar-refractivity contribution in [2.45, 2.75) is 49.9 Å². The molecule has 0 spiro atoms. The highest BCUT2D eigenvalue weighted by Gasteiger charge is 2.42. The van der Waals surface area contributed by atoms with Gasteiger partial charge in [0.05, 0.1) is 0 Å². The topological polar surface area (TPSA) is 0 Å². The predicted molar refractivity (Wildman–Crippen MR) is 68.5 cm³/mol. The number of halogens is 3. The van der Waals surface area contributed by atoms with E-state index in [1.54, 1.807) is 0 Å². The molecular formula is C12H19F2I. The van der Waals surface area contributed by atoms with Crippen LogP contribution in [-0.4, -0.2) is 3.93 Å². The van der Waals surface area contributed by atoms with Crippen molar-refractivity contribution in [2.75, 3.05) is 0 Å². The van der Waals surface area contributed by atoms with Gasteiger partial charge >= 0.3 is 0 Å². The normalized spacial score (nSPS) is 29.3. The highest BCUT2D eigenvalue weighted by molar-refractivity contribution is 14.1. The van der Waals surface area contributed by atoms with Crippen LogP contribution >= 0.6 is 22.6 Å². The Bertz CT molecular complexity index is 230. The van der Waals surface area contributed by atoms with Crippen molar-refractivity contribution in [3.63, 3.8) is 0 Å². The van der Waals surface area contributed by atoms with Gasteiger partial charge in [0.15, 0.2) is 0 Å². The SMILES string of the molecule is CC/C=C(\C)[C@H]1CCCC[C@H]1C(F)(F)I. The minimum Gasteiger partial charge on any atom is -0.195 e. The molecule has 3 heteroatoms. The molecule has 0 N–H and O–H groups in total. The Morgan fingerprint density at radius 1 is 1.40 bits per heavy atom. The summed E-state index contributed by atoms with van der Waals surface area (Å²) < 4.78 is 24.3. The lowest BCUT2D eigenvalue weighted by atomic mass is 9.75. The van der Waals surface area contributed by atoms with Gasteiger partial charge in [0.1, 0.15) is 0 Å². The molecule has 0 unspecified atom stereocenters. The van der Waals surface area contributed by atoms with Crippen molar-refractivity contribution in [1.29, 1.82) is 0 Å². The fraction of sp³-hybridized carbons (Fsp3) is 0.833. The van der Waals surface area contributed by atoms with E-state index >= 15 is 0 Å². The molecule has 1 saturated carbocycles. The summed E-state index contributed by atoms with van der Waals surface area (Å²) in [6.45, 7) is 4.07. The molecule has 0 nitrogen and oxygen atoms in total. The van der Waals surface area contributed by atoms with Crippen LogP contribution in [0.3, 0.4) is 0 Å². The summed E-state index contributed by atoms with van der Waals surface area (Å²) in [5, 5.41) is 0. The largest absolute Gasteiger partial charge is 0.299 e. The third-order valence-electron chi connectivity index (χ3n) is 3.30. The summed E-state index contributed by atoms with van der Waals surface area (Å²) in [4.78, 5) is 0. The van der Waals surface area contributed by atoms with Gasteiger partial charge in [-0.15, -0.1) is 0 Å². The number of allylic oxidation sites excluding steroid dienone is 2. The standard InChI is InChI=1S/C12H19F2I/c1-3-6-9(2)10-7-4-5-8-11(10)12(13,14)15/h6,10-11H,3-5,7-8H2,1-2H3/b9-6+/t10-,11-/m1/s1. The highest BCUT2D eigenvalue weighted by atomic mass is 127. The summed E-state index contributed by atoms with van der Waals surface area (Å²) in [5.41, 5.74) is 1.17. The molecule has 2 atom stereocenters. The lowest BCUT2D eigenvalue weighted by Crippen LogP contribution is -2.32. The van der Waals surface area contributed by atoms with Gasteiger partial charge in [-0.25, -0.2) is 0 Å². The molecule has 88 valence electrons. The predicted octanol–water partition coefficient (Wildman–Crippen LogP) is 5.18. The Morgan fingerprint density at radius 2 is 2.00 bits per heavy atom. The Labute approximate surface area is 105 Å². The molecular weight excluding hydrogens is 309 g/mol. The first-order valence-corrected chi connectivity index (χ1v) is 6.78. The summed E-state index contributed by atoms with van der Waals surface area (Å²) >= 11 is 1.31. The minimum absolute atomic E-state index is 0.102. The van der Waals surface area contributed by atoms with E-state index in [1.807, 2.05) is 6.92 Å². The molecule has 0 saturated heterocycles. The molecule has 1 aliphatic rings. The second kappa shape index (κ2) is 5.60. The maximum atomic E-state index is 13.4. The van der Waals surface area contributed by atoms with Crippen LogP contribution in [-0.2, 0) is 0 Å². The monoisotopic (exact) mass is 328 g/mol. The van der Waals surface area contributed by atoms with Gasteiger partial charge in [-0.3, -0.25) is 0 Å². The smallest absolute Gasteiger partial charge is 0.195 e. The second-order valence-electron chi connectivity index (χ2n) is 4.40. The number of rotatable bonds is 3. The van der Waals surface area contributed by atoms with Crippen LogP contribution in [0, 0.1) is 11.8 Å². The first kappa shape index (κ1) is 13.4. The van der Waals surface area contributed by atoms with Crippen LogP contribution in [0.15, 0.2) is 11.6 Å². The van der Waals surface area contributed by atoms with Gasteiger partial charge in [-0.1, -0.05) is 31.4 Å². The lowest BCUT2D eigenvalue weighted by molar-refractivity contribution is 0.0147. The third kappa shape index (κ3) is 3.68. The Balaban J connectivity index is 2.79. The molecule has 0 aromatic rings. The molecule has 15 heavy (non-hydrogen) atoms. The van der Waals surface area contributed by atoms with E-state index in [2.05, 4.69) is 13.0 Å². The minimum atomic E-state index is -2.55. The quantitative estimate of drug-likeness (QED) is 0.381. The first-order chi connectivity index (χ1) is 6.96. The Kier molecular flexibility index (Phi) is 5.00. The van der Waals surface area contributed by atoms with Crippen LogP contribution in [0.5, 0.6) is 0 Å². The molecule has 0 aromatic heterocycles. The van der Waals surface area contributed by atoms with Gasteiger partial charge in [0.2, 0.25) is 0 Å². The van der Waals surface area contributed by atoms with Gasteiger partial charge < -0.3 is 0 Å². The van der Waals surface area contributed by atoms with Crippen molar-refractivity contribution < 1.29 is 8.78 Å². The van der Waals surface area contributed by atoms with Gasteiger partial charge in [-0.05, 0) is 54.7 Å². The zero-order valence-electron chi connectivity index (χ0n) is 9.40. The van der Waals surface area contributed by atoms with Crippen LogP contribution in [0.25, 0.3) is 0 Å². The van der Waals surface area contributed by atoms with Gasteiger partial charge in [0, 0.05) is 5.92 Å². The summed E-state index contributed by atoms with van der Waals surface area (Å²) in [6.07, 6.45) is 6.72. The number of hydrogen-bond acceptors (Lipinski definition) is 0. The average Bonchev–Trinajstić information content (AvgIpc) is 2.17. The second-order valence-corrected chi connectivity index (χ2v) is 5.83. The van der Waals surface area contributed by atoms with Crippen molar-refractivity contribution in [3.05, 3.63) is 11.6 Å². The molecule has 0 heterocycles. The van der Waals surface area contributed by atoms with Crippen molar-refractivity contribution in [2.24, 2.45) is 11.8 Å². The number of hydrogen-bond donors (Lipinski definition) is 0. The van der Waals surface area contributed by atoms with E-state index in [-0.39, 0.29) is 5.92 Å². The van der Waals surface area contributed by atoms with Crippen LogP contribution < -0.4 is 0 Å². The van der Waals surface area contributed by atoms with E-state index in [0.29, 0.717) is 6.42 Å². The van der Waals surface area contributed by atoms with E-state index in [1.165, 1.54) is 28.2 Å². The van der Waals surface area contributed by atoms with E-state index in [0.717, 1.165) is 25.7 Å².